The zero-order valence-corrected chi connectivity index (χ0v) is 15.3. The standard InChI is InChI=1S/C18H15F3N2OS2/c19-18(20,21)13-8-14(16-6-3-7-25-16)23-17(12(13)9-22)26-10-11-4-1-2-5-15(11)24/h3,6-8,11H,1-2,4-5,10H2/t11-/m1/s1. The molecule has 0 radical (unpaired) electrons. The van der Waals surface area contributed by atoms with Gasteiger partial charge in [0.15, 0.2) is 0 Å². The molecule has 3 nitrogen and oxygen atoms in total. The molecule has 0 amide bonds. The van der Waals surface area contributed by atoms with Crippen LogP contribution in [-0.2, 0) is 11.0 Å². The number of thiophene rings is 1. The molecule has 0 bridgehead atoms. The Morgan fingerprint density at radius 1 is 1.38 bits per heavy atom. The minimum atomic E-state index is -4.64. The second-order valence-electron chi connectivity index (χ2n) is 6.04. The summed E-state index contributed by atoms with van der Waals surface area (Å²) in [5, 5.41) is 11.1. The summed E-state index contributed by atoms with van der Waals surface area (Å²) in [6, 6.07) is 6.02. The molecule has 2 aromatic heterocycles. The van der Waals surface area contributed by atoms with Crippen LogP contribution in [0.15, 0.2) is 28.6 Å². The summed E-state index contributed by atoms with van der Waals surface area (Å²) in [5.74, 6) is 0.320. The minimum Gasteiger partial charge on any atom is -0.299 e. The highest BCUT2D eigenvalue weighted by atomic mass is 32.2. The normalized spacial score (nSPS) is 17.9. The van der Waals surface area contributed by atoms with Gasteiger partial charge < -0.3 is 0 Å². The van der Waals surface area contributed by atoms with E-state index in [4.69, 9.17) is 0 Å². The number of rotatable bonds is 4. The third-order valence-corrected chi connectivity index (χ3v) is 6.31. The van der Waals surface area contributed by atoms with Gasteiger partial charge in [-0.15, -0.1) is 23.1 Å². The van der Waals surface area contributed by atoms with Crippen molar-refractivity contribution in [1.29, 1.82) is 5.26 Å². The number of halogens is 3. The van der Waals surface area contributed by atoms with Gasteiger partial charge in [-0.2, -0.15) is 18.4 Å². The van der Waals surface area contributed by atoms with E-state index in [-0.39, 0.29) is 22.4 Å². The highest BCUT2D eigenvalue weighted by Gasteiger charge is 2.36. The smallest absolute Gasteiger partial charge is 0.299 e. The monoisotopic (exact) mass is 396 g/mol. The second kappa shape index (κ2) is 7.80. The predicted octanol–water partition coefficient (Wildman–Crippen LogP) is 5.55. The molecule has 1 fully saturated rings. The quantitative estimate of drug-likeness (QED) is 0.636. The predicted molar refractivity (Wildman–Crippen MR) is 95.0 cm³/mol. The van der Waals surface area contributed by atoms with Crippen molar-refractivity contribution in [3.8, 4) is 16.6 Å². The van der Waals surface area contributed by atoms with E-state index >= 15 is 0 Å². The first-order valence-electron chi connectivity index (χ1n) is 8.12. The van der Waals surface area contributed by atoms with Gasteiger partial charge in [0.2, 0.25) is 0 Å². The lowest BCUT2D eigenvalue weighted by Crippen LogP contribution is -2.21. The first-order chi connectivity index (χ1) is 12.4. The van der Waals surface area contributed by atoms with Crippen molar-refractivity contribution < 1.29 is 18.0 Å². The van der Waals surface area contributed by atoms with Crippen LogP contribution in [-0.4, -0.2) is 16.5 Å². The van der Waals surface area contributed by atoms with E-state index in [0.29, 0.717) is 17.1 Å². The number of ketones is 1. The Bertz CT molecular complexity index is 841. The lowest BCUT2D eigenvalue weighted by Gasteiger charge is -2.20. The molecule has 1 saturated carbocycles. The van der Waals surface area contributed by atoms with E-state index in [2.05, 4.69) is 4.98 Å². The summed E-state index contributed by atoms with van der Waals surface area (Å²) in [7, 11) is 0. The number of aromatic nitrogens is 1. The number of nitriles is 1. The number of carbonyl (C=O) groups is 1. The molecule has 8 heteroatoms. The maximum atomic E-state index is 13.5. The van der Waals surface area contributed by atoms with Crippen LogP contribution in [0.3, 0.4) is 0 Å². The molecule has 2 aromatic rings. The van der Waals surface area contributed by atoms with Crippen LogP contribution in [0.25, 0.3) is 10.6 Å². The Morgan fingerprint density at radius 3 is 2.81 bits per heavy atom. The van der Waals surface area contributed by atoms with Crippen LogP contribution < -0.4 is 0 Å². The van der Waals surface area contributed by atoms with Gasteiger partial charge in [0.25, 0.3) is 0 Å². The molecule has 2 heterocycles. The van der Waals surface area contributed by atoms with E-state index < -0.39 is 17.3 Å². The van der Waals surface area contributed by atoms with Gasteiger partial charge in [-0.25, -0.2) is 4.98 Å². The maximum absolute atomic E-state index is 13.5. The van der Waals surface area contributed by atoms with Crippen LogP contribution in [0, 0.1) is 17.2 Å². The molecule has 0 aromatic carbocycles. The summed E-state index contributed by atoms with van der Waals surface area (Å²) < 4.78 is 40.4. The molecule has 0 spiro atoms. The molecule has 1 aliphatic carbocycles. The Hall–Kier alpha value is -1.85. The first kappa shape index (κ1) is 18.9. The lowest BCUT2D eigenvalue weighted by molar-refractivity contribution is -0.138. The number of nitrogens with zero attached hydrogens (tertiary/aromatic N) is 2. The van der Waals surface area contributed by atoms with Gasteiger partial charge in [-0.3, -0.25) is 4.79 Å². The van der Waals surface area contributed by atoms with Crippen LogP contribution in [0.4, 0.5) is 13.2 Å². The highest BCUT2D eigenvalue weighted by molar-refractivity contribution is 7.99. The number of thioether (sulfide) groups is 1. The molecule has 0 unspecified atom stereocenters. The highest BCUT2D eigenvalue weighted by Crippen LogP contribution is 2.39. The number of alkyl halides is 3. The van der Waals surface area contributed by atoms with Crippen LogP contribution in [0.5, 0.6) is 0 Å². The molecule has 26 heavy (non-hydrogen) atoms. The van der Waals surface area contributed by atoms with Gasteiger partial charge >= 0.3 is 6.18 Å². The summed E-state index contributed by atoms with van der Waals surface area (Å²) in [6.45, 7) is 0. The largest absolute Gasteiger partial charge is 0.417 e. The van der Waals surface area contributed by atoms with E-state index in [1.807, 2.05) is 0 Å². The number of carbonyl (C=O) groups excluding carboxylic acids is 1. The SMILES string of the molecule is N#Cc1c(C(F)(F)F)cc(-c2cccs2)nc1SC[C@H]1CCCCC1=O. The molecular weight excluding hydrogens is 381 g/mol. The average Bonchev–Trinajstić information content (AvgIpc) is 3.14. The van der Waals surface area contributed by atoms with E-state index in [0.717, 1.165) is 37.1 Å². The van der Waals surface area contributed by atoms with Crippen molar-refractivity contribution in [3.05, 3.63) is 34.7 Å². The Morgan fingerprint density at radius 2 is 2.19 bits per heavy atom. The third-order valence-electron chi connectivity index (χ3n) is 4.28. The van der Waals surface area contributed by atoms with Crippen molar-refractivity contribution in [2.75, 3.05) is 5.75 Å². The van der Waals surface area contributed by atoms with E-state index in [9.17, 15) is 23.2 Å². The summed E-state index contributed by atoms with van der Waals surface area (Å²) >= 11 is 2.36. The van der Waals surface area contributed by atoms with Gasteiger partial charge in [0, 0.05) is 18.1 Å². The van der Waals surface area contributed by atoms with Crippen molar-refractivity contribution in [2.24, 2.45) is 5.92 Å². The Kier molecular flexibility index (Phi) is 5.68. The van der Waals surface area contributed by atoms with Crippen molar-refractivity contribution in [1.82, 2.24) is 4.98 Å². The van der Waals surface area contributed by atoms with E-state index in [1.54, 1.807) is 23.6 Å². The lowest BCUT2D eigenvalue weighted by atomic mass is 9.89. The zero-order chi connectivity index (χ0) is 18.7. The van der Waals surface area contributed by atoms with Gasteiger partial charge in [0.1, 0.15) is 16.9 Å². The first-order valence-corrected chi connectivity index (χ1v) is 9.98. The number of hydrogen-bond acceptors (Lipinski definition) is 5. The fourth-order valence-electron chi connectivity index (χ4n) is 2.92. The fourth-order valence-corrected chi connectivity index (χ4v) is 4.78. The summed E-state index contributed by atoms with van der Waals surface area (Å²) in [6.07, 6.45) is -1.57. The minimum absolute atomic E-state index is 0.0455. The molecule has 3 rings (SSSR count). The van der Waals surface area contributed by atoms with E-state index in [1.165, 1.54) is 11.3 Å². The molecule has 1 atom stereocenters. The number of pyridine rings is 1. The Balaban J connectivity index is 1.98. The topological polar surface area (TPSA) is 53.8 Å². The fraction of sp³-hybridized carbons (Fsp3) is 0.389. The van der Waals surface area contributed by atoms with Gasteiger partial charge in [-0.05, 0) is 30.4 Å². The second-order valence-corrected chi connectivity index (χ2v) is 8.00. The molecule has 0 aliphatic heterocycles. The van der Waals surface area contributed by atoms with Crippen LogP contribution in [0.1, 0.15) is 36.8 Å². The summed E-state index contributed by atoms with van der Waals surface area (Å²) in [5.41, 5.74) is -1.24. The molecular formula is C18H15F3N2OS2. The van der Waals surface area contributed by atoms with Crippen molar-refractivity contribution >= 4 is 28.9 Å². The Labute approximate surface area is 157 Å². The summed E-state index contributed by atoms with van der Waals surface area (Å²) in [4.78, 5) is 16.9. The van der Waals surface area contributed by atoms with Crippen LogP contribution in [0.2, 0.25) is 0 Å². The molecule has 136 valence electrons. The average molecular weight is 396 g/mol. The molecule has 0 saturated heterocycles. The van der Waals surface area contributed by atoms with Crippen LogP contribution >= 0.6 is 23.1 Å². The molecule has 1 aliphatic rings. The zero-order valence-electron chi connectivity index (χ0n) is 13.7. The number of hydrogen-bond donors (Lipinski definition) is 0. The van der Waals surface area contributed by atoms with Gasteiger partial charge in [0.05, 0.1) is 21.7 Å². The van der Waals surface area contributed by atoms with Gasteiger partial charge in [-0.1, -0.05) is 12.5 Å². The molecule has 0 N–H and O–H groups in total. The third kappa shape index (κ3) is 4.10. The maximum Gasteiger partial charge on any atom is 0.417 e. The van der Waals surface area contributed by atoms with Crippen molar-refractivity contribution in [2.45, 2.75) is 36.9 Å². The van der Waals surface area contributed by atoms with Crippen molar-refractivity contribution in [3.63, 3.8) is 0 Å². The number of Topliss-reactive ketones (excluding diaryl/α,β-unsaturated/α-hetero) is 1.